The van der Waals surface area contributed by atoms with Crippen molar-refractivity contribution in [2.24, 2.45) is 4.99 Å². The fraction of sp³-hybridized carbons (Fsp3) is 0.412. The van der Waals surface area contributed by atoms with E-state index in [2.05, 4.69) is 15.6 Å². The number of para-hydroxylation sites is 1. The lowest BCUT2D eigenvalue weighted by molar-refractivity contribution is -0.142. The van der Waals surface area contributed by atoms with E-state index in [9.17, 15) is 24.6 Å². The van der Waals surface area contributed by atoms with Crippen molar-refractivity contribution in [2.75, 3.05) is 13.2 Å². The Morgan fingerprint density at radius 1 is 1.35 bits per heavy atom. The third kappa shape index (κ3) is 5.20. The number of aromatic hydroxyl groups is 1. The van der Waals surface area contributed by atoms with E-state index in [4.69, 9.17) is 4.74 Å². The highest BCUT2D eigenvalue weighted by Gasteiger charge is 2.30. The van der Waals surface area contributed by atoms with Crippen LogP contribution in [-0.2, 0) is 19.1 Å². The van der Waals surface area contributed by atoms with Gasteiger partial charge in [-0.25, -0.2) is 9.79 Å². The first-order valence-electron chi connectivity index (χ1n) is 8.22. The van der Waals surface area contributed by atoms with Gasteiger partial charge in [0.15, 0.2) is 6.04 Å². The Kier molecular flexibility index (Phi) is 6.95. The molecule has 1 aliphatic rings. The van der Waals surface area contributed by atoms with Crippen molar-refractivity contribution < 1.29 is 29.3 Å². The van der Waals surface area contributed by atoms with E-state index in [1.54, 1.807) is 18.2 Å². The first-order valence-corrected chi connectivity index (χ1v) is 8.22. The lowest BCUT2D eigenvalue weighted by atomic mass is 10.1. The maximum absolute atomic E-state index is 12.3. The van der Waals surface area contributed by atoms with Gasteiger partial charge in [-0.3, -0.25) is 9.59 Å². The smallest absolute Gasteiger partial charge is 0.326 e. The Labute approximate surface area is 150 Å². The molecule has 4 N–H and O–H groups in total. The van der Waals surface area contributed by atoms with Crippen molar-refractivity contribution in [2.45, 2.75) is 31.3 Å². The molecule has 1 aromatic rings. The van der Waals surface area contributed by atoms with Gasteiger partial charge in [0.2, 0.25) is 18.2 Å². The van der Waals surface area contributed by atoms with E-state index < -0.39 is 24.0 Å². The number of hydrogen-bond donors (Lipinski definition) is 4. The van der Waals surface area contributed by atoms with E-state index >= 15 is 0 Å². The molecule has 0 radical (unpaired) electrons. The summed E-state index contributed by atoms with van der Waals surface area (Å²) in [5, 5.41) is 24.0. The molecule has 0 saturated heterocycles. The molecule has 9 heteroatoms. The Balaban J connectivity index is 1.92. The summed E-state index contributed by atoms with van der Waals surface area (Å²) in [6, 6.07) is 4.54. The molecule has 0 saturated carbocycles. The van der Waals surface area contributed by atoms with Crippen LogP contribution in [0.5, 0.6) is 5.75 Å². The minimum atomic E-state index is -1.13. The van der Waals surface area contributed by atoms with Crippen LogP contribution in [0, 0.1) is 0 Å². The van der Waals surface area contributed by atoms with Crippen LogP contribution in [0.2, 0.25) is 0 Å². The Hall–Kier alpha value is -3.10. The molecule has 1 aromatic carbocycles. The van der Waals surface area contributed by atoms with Gasteiger partial charge in [-0.2, -0.15) is 0 Å². The number of amides is 2. The number of rotatable bonds is 10. The largest absolute Gasteiger partial charge is 0.507 e. The minimum Gasteiger partial charge on any atom is -0.507 e. The van der Waals surface area contributed by atoms with Gasteiger partial charge in [-0.05, 0) is 31.4 Å². The van der Waals surface area contributed by atoms with Crippen molar-refractivity contribution in [1.82, 2.24) is 10.6 Å². The van der Waals surface area contributed by atoms with Crippen LogP contribution in [0.25, 0.3) is 0 Å². The zero-order valence-electron chi connectivity index (χ0n) is 14.1. The molecule has 2 rings (SSSR count). The van der Waals surface area contributed by atoms with Crippen molar-refractivity contribution in [3.8, 4) is 5.75 Å². The van der Waals surface area contributed by atoms with Crippen LogP contribution >= 0.6 is 0 Å². The van der Waals surface area contributed by atoms with Crippen molar-refractivity contribution >= 4 is 24.2 Å². The highest BCUT2D eigenvalue weighted by atomic mass is 16.5. The second-order valence-electron chi connectivity index (χ2n) is 5.75. The molecule has 26 heavy (non-hydrogen) atoms. The number of benzene rings is 1. The highest BCUT2D eigenvalue weighted by Crippen LogP contribution is 2.21. The van der Waals surface area contributed by atoms with Gasteiger partial charge in [-0.1, -0.05) is 12.1 Å². The number of unbranched alkanes of at least 4 members (excludes halogenated alkanes) is 1. The summed E-state index contributed by atoms with van der Waals surface area (Å²) in [5.41, 5.74) is 0.375. The van der Waals surface area contributed by atoms with Gasteiger partial charge in [0, 0.05) is 6.54 Å². The van der Waals surface area contributed by atoms with Gasteiger partial charge in [0.1, 0.15) is 18.4 Å². The minimum absolute atomic E-state index is 0.0142. The molecule has 2 atom stereocenters. The Morgan fingerprint density at radius 2 is 2.12 bits per heavy atom. The van der Waals surface area contributed by atoms with Gasteiger partial charge >= 0.3 is 5.97 Å². The first-order chi connectivity index (χ1) is 12.5. The maximum Gasteiger partial charge on any atom is 0.326 e. The van der Waals surface area contributed by atoms with Gasteiger partial charge in [0.25, 0.3) is 0 Å². The number of hydrogen-bond acceptors (Lipinski definition) is 6. The summed E-state index contributed by atoms with van der Waals surface area (Å²) >= 11 is 0. The standard InChI is InChI=1S/C17H21N3O6/c21-10-18-8-4-3-6-12(17(24)25)19-15(23)13-9-26-16(20-13)11-5-1-2-7-14(11)22/h1-2,5,7,10,12-13,22H,3-4,6,8-9H2,(H,18,21)(H,19,23)(H,24,25)/t12-,13-/m1/s1. The van der Waals surface area contributed by atoms with E-state index in [1.165, 1.54) is 6.07 Å². The summed E-state index contributed by atoms with van der Waals surface area (Å²) in [6.45, 7) is 0.430. The average molecular weight is 363 g/mol. The third-order valence-electron chi connectivity index (χ3n) is 3.85. The summed E-state index contributed by atoms with van der Waals surface area (Å²) < 4.78 is 5.36. The molecule has 0 unspecified atom stereocenters. The number of carbonyl (C=O) groups excluding carboxylic acids is 2. The van der Waals surface area contributed by atoms with Crippen LogP contribution < -0.4 is 10.6 Å². The molecule has 140 valence electrons. The predicted molar refractivity (Wildman–Crippen MR) is 91.9 cm³/mol. The van der Waals surface area contributed by atoms with Crippen LogP contribution in [0.1, 0.15) is 24.8 Å². The fourth-order valence-corrected chi connectivity index (χ4v) is 2.47. The number of ether oxygens (including phenoxy) is 1. The Morgan fingerprint density at radius 3 is 2.81 bits per heavy atom. The first kappa shape index (κ1) is 19.2. The highest BCUT2D eigenvalue weighted by molar-refractivity contribution is 6.00. The number of carboxylic acids is 1. The zero-order chi connectivity index (χ0) is 18.9. The lowest BCUT2D eigenvalue weighted by Crippen LogP contribution is -2.45. The average Bonchev–Trinajstić information content (AvgIpc) is 3.10. The molecular formula is C17H21N3O6. The number of phenolic OH excluding ortho intramolecular Hbond substituents is 1. The van der Waals surface area contributed by atoms with Gasteiger partial charge < -0.3 is 25.6 Å². The molecule has 0 aliphatic carbocycles. The molecule has 0 fully saturated rings. The van der Waals surface area contributed by atoms with E-state index in [0.717, 1.165) is 0 Å². The molecule has 0 aromatic heterocycles. The molecule has 1 heterocycles. The maximum atomic E-state index is 12.3. The second kappa shape index (κ2) is 9.40. The zero-order valence-corrected chi connectivity index (χ0v) is 14.1. The van der Waals surface area contributed by atoms with E-state index in [-0.39, 0.29) is 24.7 Å². The van der Waals surface area contributed by atoms with Crippen LogP contribution in [0.3, 0.4) is 0 Å². The SMILES string of the molecule is O=CNCCCC[C@@H](NC(=O)[C@H]1COC(c2ccccc2O)=N1)C(=O)O. The number of phenols is 1. The molecule has 2 amide bonds. The summed E-state index contributed by atoms with van der Waals surface area (Å²) in [7, 11) is 0. The second-order valence-corrected chi connectivity index (χ2v) is 5.75. The molecule has 9 nitrogen and oxygen atoms in total. The quantitative estimate of drug-likeness (QED) is 0.342. The summed E-state index contributed by atoms with van der Waals surface area (Å²) in [6.07, 6.45) is 1.97. The normalized spacial score (nSPS) is 16.9. The summed E-state index contributed by atoms with van der Waals surface area (Å²) in [5.74, 6) is -1.55. The van der Waals surface area contributed by atoms with Gasteiger partial charge in [-0.15, -0.1) is 0 Å². The lowest BCUT2D eigenvalue weighted by Gasteiger charge is -2.15. The number of aliphatic carboxylic acids is 1. The number of aliphatic imine (C=N–C) groups is 1. The monoisotopic (exact) mass is 363 g/mol. The molecular weight excluding hydrogens is 342 g/mol. The number of nitrogens with one attached hydrogen (secondary N) is 2. The number of carboxylic acid groups (broad SMARTS) is 1. The fourth-order valence-electron chi connectivity index (χ4n) is 2.47. The van der Waals surface area contributed by atoms with E-state index in [1.807, 2.05) is 0 Å². The number of carbonyl (C=O) groups is 3. The molecule has 0 bridgehead atoms. The van der Waals surface area contributed by atoms with Crippen LogP contribution in [-0.4, -0.2) is 59.6 Å². The number of nitrogens with zero attached hydrogens (tertiary/aromatic N) is 1. The van der Waals surface area contributed by atoms with Crippen molar-refractivity contribution in [3.63, 3.8) is 0 Å². The van der Waals surface area contributed by atoms with Crippen LogP contribution in [0.4, 0.5) is 0 Å². The van der Waals surface area contributed by atoms with E-state index in [0.29, 0.717) is 31.4 Å². The van der Waals surface area contributed by atoms with Crippen molar-refractivity contribution in [3.05, 3.63) is 29.8 Å². The topological polar surface area (TPSA) is 137 Å². The van der Waals surface area contributed by atoms with Crippen LogP contribution in [0.15, 0.2) is 29.3 Å². The third-order valence-corrected chi connectivity index (χ3v) is 3.85. The van der Waals surface area contributed by atoms with Crippen molar-refractivity contribution in [1.29, 1.82) is 0 Å². The van der Waals surface area contributed by atoms with Gasteiger partial charge in [0.05, 0.1) is 5.56 Å². The molecule has 1 aliphatic heterocycles. The predicted octanol–water partition coefficient (Wildman–Crippen LogP) is 0.0233. The Bertz CT molecular complexity index is 691. The molecule has 0 spiro atoms. The summed E-state index contributed by atoms with van der Waals surface area (Å²) in [4.78, 5) is 37.9.